The maximum atomic E-state index is 12.2. The van der Waals surface area contributed by atoms with E-state index in [0.29, 0.717) is 5.56 Å². The van der Waals surface area contributed by atoms with Crippen molar-refractivity contribution in [1.29, 1.82) is 0 Å². The molecule has 0 saturated heterocycles. The maximum Gasteiger partial charge on any atom is 0.336 e. The second kappa shape index (κ2) is 5.53. The van der Waals surface area contributed by atoms with Crippen LogP contribution in [0.4, 0.5) is 0 Å². The summed E-state index contributed by atoms with van der Waals surface area (Å²) in [6, 6.07) is 6.07. The molecule has 5 nitrogen and oxygen atoms in total. The van der Waals surface area contributed by atoms with E-state index in [1.165, 1.54) is 19.2 Å². The molecule has 5 heteroatoms. The van der Waals surface area contributed by atoms with Gasteiger partial charge in [0.2, 0.25) is 5.91 Å². The minimum Gasteiger partial charge on any atom is -0.508 e. The van der Waals surface area contributed by atoms with Gasteiger partial charge in [0.25, 0.3) is 0 Å². The summed E-state index contributed by atoms with van der Waals surface area (Å²) < 4.78 is 4.80. The molecular weight excluding hydrogens is 258 g/mol. The fourth-order valence-corrected chi connectivity index (χ4v) is 1.65. The Morgan fingerprint density at radius 2 is 1.60 bits per heavy atom. The zero-order valence-corrected chi connectivity index (χ0v) is 12.5. The van der Waals surface area contributed by atoms with Crippen LogP contribution in [0.1, 0.15) is 33.3 Å². The smallest absolute Gasteiger partial charge is 0.336 e. The average molecular weight is 279 g/mol. The lowest BCUT2D eigenvalue weighted by Gasteiger charge is -2.31. The predicted octanol–water partition coefficient (Wildman–Crippen LogP) is 1.94. The number of hydrogen-bond acceptors (Lipinski definition) is 4. The minimum absolute atomic E-state index is 0.0862. The molecule has 2 N–H and O–H groups in total. The number of carbonyl (C=O) groups is 2. The second-order valence-electron chi connectivity index (χ2n) is 5.87. The molecule has 0 unspecified atom stereocenters. The summed E-state index contributed by atoms with van der Waals surface area (Å²) in [4.78, 5) is 24.3. The molecule has 1 amide bonds. The first-order valence-corrected chi connectivity index (χ1v) is 6.32. The van der Waals surface area contributed by atoms with Crippen LogP contribution in [0.25, 0.3) is 0 Å². The van der Waals surface area contributed by atoms with Crippen molar-refractivity contribution >= 4 is 11.9 Å². The largest absolute Gasteiger partial charge is 0.508 e. The summed E-state index contributed by atoms with van der Waals surface area (Å²) in [5.74, 6) is -0.748. The molecule has 0 spiro atoms. The van der Waals surface area contributed by atoms with Gasteiger partial charge in [-0.15, -0.1) is 0 Å². The molecule has 0 aromatic heterocycles. The van der Waals surface area contributed by atoms with E-state index in [-0.39, 0.29) is 11.7 Å². The number of carbonyl (C=O) groups excluding carboxylic acids is 2. The molecule has 0 saturated carbocycles. The van der Waals surface area contributed by atoms with E-state index < -0.39 is 16.9 Å². The van der Waals surface area contributed by atoms with Crippen LogP contribution in [0, 0.1) is 5.41 Å². The van der Waals surface area contributed by atoms with Gasteiger partial charge in [-0.3, -0.25) is 4.79 Å². The van der Waals surface area contributed by atoms with Gasteiger partial charge in [-0.25, -0.2) is 4.79 Å². The molecule has 110 valence electrons. The topological polar surface area (TPSA) is 75.6 Å². The standard InChI is InChI=1S/C15H21NO4/c1-14(2,3)12(18)16-15(4,13(19)20-5)10-6-8-11(17)9-7-10/h6-9,17H,1-5H3,(H,16,18)/t15-/m1/s1. The average Bonchev–Trinajstić information content (AvgIpc) is 2.37. The van der Waals surface area contributed by atoms with Crippen LogP contribution in [0.3, 0.4) is 0 Å². The third-order valence-corrected chi connectivity index (χ3v) is 3.08. The van der Waals surface area contributed by atoms with Crippen LogP contribution in [-0.2, 0) is 19.9 Å². The first kappa shape index (κ1) is 16.0. The van der Waals surface area contributed by atoms with Gasteiger partial charge in [-0.05, 0) is 24.6 Å². The summed E-state index contributed by atoms with van der Waals surface area (Å²) in [6.07, 6.45) is 0. The fraction of sp³-hybridized carbons (Fsp3) is 0.467. The molecule has 0 aliphatic carbocycles. The van der Waals surface area contributed by atoms with Crippen LogP contribution < -0.4 is 5.32 Å². The molecule has 1 aromatic rings. The van der Waals surface area contributed by atoms with Gasteiger partial charge in [-0.2, -0.15) is 0 Å². The zero-order chi connectivity index (χ0) is 15.6. The number of rotatable bonds is 3. The number of aromatic hydroxyl groups is 1. The second-order valence-corrected chi connectivity index (χ2v) is 5.87. The van der Waals surface area contributed by atoms with Crippen LogP contribution in [-0.4, -0.2) is 24.1 Å². The number of ether oxygens (including phenoxy) is 1. The summed E-state index contributed by atoms with van der Waals surface area (Å²) in [5, 5.41) is 12.1. The molecule has 0 bridgehead atoms. The summed E-state index contributed by atoms with van der Waals surface area (Å²) in [7, 11) is 1.27. The van der Waals surface area contributed by atoms with Crippen molar-refractivity contribution in [3.63, 3.8) is 0 Å². The number of phenolic OH excluding ortho intramolecular Hbond substituents is 1. The van der Waals surface area contributed by atoms with Gasteiger partial charge in [0.05, 0.1) is 7.11 Å². The van der Waals surface area contributed by atoms with Crippen molar-refractivity contribution in [2.24, 2.45) is 5.41 Å². The number of methoxy groups -OCH3 is 1. The molecule has 0 radical (unpaired) electrons. The Morgan fingerprint density at radius 3 is 2.00 bits per heavy atom. The molecule has 1 rings (SSSR count). The van der Waals surface area contributed by atoms with Crippen molar-refractivity contribution < 1.29 is 19.4 Å². The van der Waals surface area contributed by atoms with Crippen LogP contribution in [0.2, 0.25) is 0 Å². The van der Waals surface area contributed by atoms with Gasteiger partial charge < -0.3 is 15.2 Å². The molecule has 0 heterocycles. The van der Waals surface area contributed by atoms with Crippen molar-refractivity contribution in [3.05, 3.63) is 29.8 Å². The third kappa shape index (κ3) is 3.29. The molecule has 0 aliphatic rings. The van der Waals surface area contributed by atoms with Crippen LogP contribution in [0.15, 0.2) is 24.3 Å². The number of benzene rings is 1. The Hall–Kier alpha value is -2.04. The first-order valence-electron chi connectivity index (χ1n) is 6.32. The first-order chi connectivity index (χ1) is 9.11. The highest BCUT2D eigenvalue weighted by atomic mass is 16.5. The Balaban J connectivity index is 3.20. The highest BCUT2D eigenvalue weighted by molar-refractivity contribution is 5.90. The van der Waals surface area contributed by atoms with E-state index in [1.807, 2.05) is 0 Å². The van der Waals surface area contributed by atoms with E-state index in [9.17, 15) is 14.7 Å². The summed E-state index contributed by atoms with van der Waals surface area (Å²) >= 11 is 0. The highest BCUT2D eigenvalue weighted by Gasteiger charge is 2.40. The quantitative estimate of drug-likeness (QED) is 0.829. The Morgan fingerprint density at radius 1 is 1.10 bits per heavy atom. The van der Waals surface area contributed by atoms with Crippen molar-refractivity contribution in [3.8, 4) is 5.75 Å². The lowest BCUT2D eigenvalue weighted by atomic mass is 9.88. The van der Waals surface area contributed by atoms with Gasteiger partial charge in [0.15, 0.2) is 5.54 Å². The number of phenols is 1. The van der Waals surface area contributed by atoms with Crippen molar-refractivity contribution in [1.82, 2.24) is 5.32 Å². The van der Waals surface area contributed by atoms with Gasteiger partial charge in [0, 0.05) is 5.41 Å². The van der Waals surface area contributed by atoms with Gasteiger partial charge in [-0.1, -0.05) is 32.9 Å². The highest BCUT2D eigenvalue weighted by Crippen LogP contribution is 2.26. The zero-order valence-electron chi connectivity index (χ0n) is 12.5. The van der Waals surface area contributed by atoms with Crippen LogP contribution in [0.5, 0.6) is 5.75 Å². The van der Waals surface area contributed by atoms with E-state index in [4.69, 9.17) is 4.74 Å². The van der Waals surface area contributed by atoms with E-state index >= 15 is 0 Å². The third-order valence-electron chi connectivity index (χ3n) is 3.08. The molecule has 20 heavy (non-hydrogen) atoms. The molecule has 1 aromatic carbocycles. The monoisotopic (exact) mass is 279 g/mol. The van der Waals surface area contributed by atoms with E-state index in [2.05, 4.69) is 5.32 Å². The van der Waals surface area contributed by atoms with Crippen molar-refractivity contribution in [2.45, 2.75) is 33.2 Å². The maximum absolute atomic E-state index is 12.2. The molecule has 0 fully saturated rings. The van der Waals surface area contributed by atoms with Crippen molar-refractivity contribution in [2.75, 3.05) is 7.11 Å². The number of esters is 1. The Labute approximate surface area is 118 Å². The molecular formula is C15H21NO4. The van der Waals surface area contributed by atoms with E-state index in [1.54, 1.807) is 39.8 Å². The summed E-state index contributed by atoms with van der Waals surface area (Å²) in [5.41, 5.74) is -1.39. The minimum atomic E-state index is -1.30. The molecule has 1 atom stereocenters. The fourth-order valence-electron chi connectivity index (χ4n) is 1.65. The van der Waals surface area contributed by atoms with Crippen LogP contribution >= 0.6 is 0 Å². The number of nitrogens with one attached hydrogen (secondary N) is 1. The lowest BCUT2D eigenvalue weighted by Crippen LogP contribution is -2.53. The summed E-state index contributed by atoms with van der Waals surface area (Å²) in [6.45, 7) is 6.86. The Bertz CT molecular complexity index is 502. The predicted molar refractivity (Wildman–Crippen MR) is 75.1 cm³/mol. The SMILES string of the molecule is COC(=O)[C@](C)(NC(=O)C(C)(C)C)c1ccc(O)cc1. The normalized spacial score (nSPS) is 14.2. The number of amides is 1. The van der Waals surface area contributed by atoms with Gasteiger partial charge in [0.1, 0.15) is 5.75 Å². The molecule has 0 aliphatic heterocycles. The lowest BCUT2D eigenvalue weighted by molar-refractivity contribution is -0.152. The van der Waals surface area contributed by atoms with Gasteiger partial charge >= 0.3 is 5.97 Å². The number of hydrogen-bond donors (Lipinski definition) is 2. The van der Waals surface area contributed by atoms with E-state index in [0.717, 1.165) is 0 Å². The Kier molecular flexibility index (Phi) is 4.43.